The van der Waals surface area contributed by atoms with Gasteiger partial charge in [0.1, 0.15) is 5.76 Å². The molecule has 0 spiro atoms. The maximum absolute atomic E-state index is 10.3. The monoisotopic (exact) mass is 264 g/mol. The highest BCUT2D eigenvalue weighted by Crippen LogP contribution is 2.36. The van der Waals surface area contributed by atoms with Gasteiger partial charge in [-0.2, -0.15) is 0 Å². The first-order chi connectivity index (χ1) is 9.68. The number of allylic oxidation sites excluding steroid dienone is 2. The van der Waals surface area contributed by atoms with Crippen molar-refractivity contribution in [2.24, 2.45) is 0 Å². The summed E-state index contributed by atoms with van der Waals surface area (Å²) in [7, 11) is 0. The molecular weight excluding hydrogens is 252 g/mol. The molecule has 2 aromatic rings. The second kappa shape index (κ2) is 3.67. The minimum Gasteiger partial charge on any atom is -0.507 e. The van der Waals surface area contributed by atoms with Crippen molar-refractivity contribution >= 4 is 28.7 Å². The lowest BCUT2D eigenvalue weighted by atomic mass is 9.92. The van der Waals surface area contributed by atoms with Gasteiger partial charge < -0.3 is 15.3 Å². The van der Waals surface area contributed by atoms with Crippen LogP contribution in [0.25, 0.3) is 28.7 Å². The van der Waals surface area contributed by atoms with Crippen LogP contribution in [-0.2, 0) is 6.42 Å². The van der Waals surface area contributed by atoms with Crippen LogP contribution in [0.4, 0.5) is 0 Å². The Morgan fingerprint density at radius 2 is 1.80 bits per heavy atom. The van der Waals surface area contributed by atoms with Gasteiger partial charge in [0.2, 0.25) is 0 Å². The Morgan fingerprint density at radius 1 is 0.950 bits per heavy atom. The van der Waals surface area contributed by atoms with Crippen LogP contribution < -0.4 is 10.4 Å². The van der Waals surface area contributed by atoms with Crippen LogP contribution >= 0.6 is 0 Å². The smallest absolute Gasteiger partial charge is 0.166 e. The Morgan fingerprint density at radius 3 is 2.65 bits per heavy atom. The molecule has 20 heavy (non-hydrogen) atoms. The highest BCUT2D eigenvalue weighted by Gasteiger charge is 2.19. The molecule has 2 aliphatic rings. The number of aliphatic hydroxyl groups is 1. The summed E-state index contributed by atoms with van der Waals surface area (Å²) in [5.74, 6) is -0.0310. The molecule has 0 saturated heterocycles. The summed E-state index contributed by atoms with van der Waals surface area (Å²) >= 11 is 0. The van der Waals surface area contributed by atoms with Crippen LogP contribution in [0.5, 0.6) is 11.5 Å². The zero-order chi connectivity index (χ0) is 13.9. The fourth-order valence-corrected chi connectivity index (χ4v) is 3.06. The van der Waals surface area contributed by atoms with E-state index in [9.17, 15) is 15.3 Å². The predicted molar refractivity (Wildman–Crippen MR) is 78.9 cm³/mol. The van der Waals surface area contributed by atoms with Crippen LogP contribution in [0.1, 0.15) is 11.1 Å². The molecule has 3 heteroatoms. The van der Waals surface area contributed by atoms with E-state index in [1.54, 1.807) is 18.2 Å². The molecule has 0 unspecified atom stereocenters. The molecule has 0 atom stereocenters. The maximum atomic E-state index is 10.3. The van der Waals surface area contributed by atoms with Crippen LogP contribution in [0.15, 0.2) is 30.4 Å². The number of benzene rings is 2. The Hall–Kier alpha value is -2.68. The Balaban J connectivity index is 2.31. The molecule has 3 nitrogen and oxygen atoms in total. The molecule has 0 bridgehead atoms. The fraction of sp³-hybridized carbons (Fsp3) is 0.0588. The summed E-state index contributed by atoms with van der Waals surface area (Å²) in [5, 5.41) is 33.3. The third-order valence-corrected chi connectivity index (χ3v) is 4.02. The van der Waals surface area contributed by atoms with E-state index in [0.29, 0.717) is 22.2 Å². The lowest BCUT2D eigenvalue weighted by Gasteiger charge is -2.14. The van der Waals surface area contributed by atoms with Crippen molar-refractivity contribution in [1.82, 2.24) is 0 Å². The van der Waals surface area contributed by atoms with E-state index >= 15 is 0 Å². The molecule has 0 heterocycles. The van der Waals surface area contributed by atoms with Crippen LogP contribution in [0.3, 0.4) is 0 Å². The van der Waals surface area contributed by atoms with Gasteiger partial charge in [-0.3, -0.25) is 0 Å². The van der Waals surface area contributed by atoms with Gasteiger partial charge in [0.15, 0.2) is 11.5 Å². The number of aromatic hydroxyl groups is 2. The quantitative estimate of drug-likeness (QED) is 0.636. The molecule has 2 aliphatic carbocycles. The maximum Gasteiger partial charge on any atom is 0.166 e. The molecule has 2 aromatic carbocycles. The molecule has 0 radical (unpaired) electrons. The van der Waals surface area contributed by atoms with E-state index in [1.807, 2.05) is 24.3 Å². The molecule has 0 amide bonds. The first kappa shape index (κ1) is 11.2. The molecule has 4 rings (SSSR count). The van der Waals surface area contributed by atoms with Gasteiger partial charge in [0.05, 0.1) is 0 Å². The van der Waals surface area contributed by atoms with E-state index in [4.69, 9.17) is 0 Å². The average molecular weight is 264 g/mol. The Bertz CT molecular complexity index is 947. The first-order valence-electron chi connectivity index (χ1n) is 6.46. The molecule has 0 saturated carbocycles. The molecule has 3 N–H and O–H groups in total. The van der Waals surface area contributed by atoms with Crippen molar-refractivity contribution in [3.05, 3.63) is 51.9 Å². The van der Waals surface area contributed by atoms with Gasteiger partial charge in [0, 0.05) is 15.8 Å². The van der Waals surface area contributed by atoms with E-state index in [1.165, 1.54) is 0 Å². The van der Waals surface area contributed by atoms with Gasteiger partial charge in [0.25, 0.3) is 0 Å². The van der Waals surface area contributed by atoms with Crippen molar-refractivity contribution in [3.63, 3.8) is 0 Å². The first-order valence-corrected chi connectivity index (χ1v) is 6.46. The Labute approximate surface area is 114 Å². The normalized spacial score (nSPS) is 15.3. The van der Waals surface area contributed by atoms with E-state index < -0.39 is 0 Å². The van der Waals surface area contributed by atoms with Crippen LogP contribution in [0, 0.1) is 0 Å². The number of hydrogen-bond acceptors (Lipinski definition) is 3. The van der Waals surface area contributed by atoms with Gasteiger partial charge in [-0.15, -0.1) is 0 Å². The number of phenolic OH excluding ortho intramolecular Hbond substituents is 2. The molecular formula is C17H12O3. The lowest BCUT2D eigenvalue weighted by Crippen LogP contribution is -2.14. The van der Waals surface area contributed by atoms with Crippen molar-refractivity contribution in [3.8, 4) is 11.5 Å². The van der Waals surface area contributed by atoms with Crippen molar-refractivity contribution in [2.75, 3.05) is 0 Å². The topological polar surface area (TPSA) is 60.7 Å². The van der Waals surface area contributed by atoms with Gasteiger partial charge in [-0.05, 0) is 35.1 Å². The number of rotatable bonds is 0. The number of aliphatic hydroxyl groups excluding tert-OH is 1. The summed E-state index contributed by atoms with van der Waals surface area (Å²) in [6, 6.07) is 3.74. The fourth-order valence-electron chi connectivity index (χ4n) is 3.06. The van der Waals surface area contributed by atoms with Gasteiger partial charge >= 0.3 is 0 Å². The zero-order valence-electron chi connectivity index (χ0n) is 10.6. The molecule has 98 valence electrons. The van der Waals surface area contributed by atoms with Crippen molar-refractivity contribution in [1.29, 1.82) is 0 Å². The number of hydrogen-bond donors (Lipinski definition) is 3. The summed E-state index contributed by atoms with van der Waals surface area (Å²) < 4.78 is 0. The second-order valence-electron chi connectivity index (χ2n) is 5.06. The number of phenols is 2. The predicted octanol–water partition coefficient (Wildman–Crippen LogP) is 1.84. The molecule has 0 aromatic heterocycles. The largest absolute Gasteiger partial charge is 0.507 e. The second-order valence-corrected chi connectivity index (χ2v) is 5.06. The third-order valence-electron chi connectivity index (χ3n) is 4.02. The minimum absolute atomic E-state index is 0.0926. The van der Waals surface area contributed by atoms with E-state index in [0.717, 1.165) is 16.5 Å². The SMILES string of the molecule is OC1=c2ccc3c4c(c(O)c(O)c3c2C=C1)=CC=CC4. The van der Waals surface area contributed by atoms with Crippen molar-refractivity contribution < 1.29 is 15.3 Å². The minimum atomic E-state index is -0.124. The summed E-state index contributed by atoms with van der Waals surface area (Å²) in [4.78, 5) is 0. The summed E-state index contributed by atoms with van der Waals surface area (Å²) in [6.45, 7) is 0. The highest BCUT2D eigenvalue weighted by molar-refractivity contribution is 6.02. The number of fused-ring (bicyclic) bond motifs is 5. The van der Waals surface area contributed by atoms with E-state index in [2.05, 4.69) is 0 Å². The van der Waals surface area contributed by atoms with Crippen LogP contribution in [-0.4, -0.2) is 15.3 Å². The van der Waals surface area contributed by atoms with Gasteiger partial charge in [-0.1, -0.05) is 30.4 Å². The highest BCUT2D eigenvalue weighted by atomic mass is 16.3. The summed E-state index contributed by atoms with van der Waals surface area (Å²) in [6.07, 6.45) is 9.78. The zero-order valence-corrected chi connectivity index (χ0v) is 10.6. The lowest BCUT2D eigenvalue weighted by molar-refractivity contribution is 0.404. The summed E-state index contributed by atoms with van der Waals surface area (Å²) in [5.41, 5.74) is 1.76. The van der Waals surface area contributed by atoms with Crippen LogP contribution in [0.2, 0.25) is 0 Å². The van der Waals surface area contributed by atoms with Gasteiger partial charge in [-0.25, -0.2) is 0 Å². The molecule has 0 aliphatic heterocycles. The van der Waals surface area contributed by atoms with E-state index in [-0.39, 0.29) is 17.3 Å². The molecule has 0 fully saturated rings. The standard InChI is InChI=1S/C17H12O3/c18-14-8-7-12-10(14)5-6-11-9-3-1-2-4-13(9)16(19)17(20)15(11)12/h1-2,4-8,18-20H,3H2. The van der Waals surface area contributed by atoms with Crippen molar-refractivity contribution in [2.45, 2.75) is 6.42 Å². The Kier molecular flexibility index (Phi) is 2.05. The average Bonchev–Trinajstić information content (AvgIpc) is 2.86. The third kappa shape index (κ3) is 1.24.